The maximum atomic E-state index is 12.2. The molecule has 6 heteroatoms. The van der Waals surface area contributed by atoms with E-state index in [-0.39, 0.29) is 11.7 Å². The van der Waals surface area contributed by atoms with Gasteiger partial charge in [0.05, 0.1) is 5.60 Å². The Morgan fingerprint density at radius 1 is 1.29 bits per heavy atom. The van der Waals surface area contributed by atoms with Gasteiger partial charge in [-0.3, -0.25) is 0 Å². The van der Waals surface area contributed by atoms with Crippen LogP contribution in [0.2, 0.25) is 0 Å². The first-order valence-electron chi connectivity index (χ1n) is 9.25. The Morgan fingerprint density at radius 2 is 1.96 bits per heavy atom. The summed E-state index contributed by atoms with van der Waals surface area (Å²) in [7, 11) is 1.78. The third kappa shape index (κ3) is 5.07. The largest absolute Gasteiger partial charge is 0.444 e. The molecule has 2 unspecified atom stereocenters. The van der Waals surface area contributed by atoms with Gasteiger partial charge in [-0.25, -0.2) is 4.79 Å². The fourth-order valence-corrected chi connectivity index (χ4v) is 3.78. The Bertz CT molecular complexity index is 414. The van der Waals surface area contributed by atoms with Gasteiger partial charge in [0.15, 0.2) is 0 Å². The van der Waals surface area contributed by atoms with E-state index in [0.717, 1.165) is 25.9 Å². The van der Waals surface area contributed by atoms with Gasteiger partial charge in [0, 0.05) is 32.8 Å². The molecular weight excluding hydrogens is 306 g/mol. The topological polar surface area (TPSA) is 76.8 Å². The number of nitrogens with two attached hydrogens (primary N) is 1. The van der Waals surface area contributed by atoms with Gasteiger partial charge in [-0.2, -0.15) is 0 Å². The number of hydrogen-bond donors (Lipinski definition) is 2. The monoisotopic (exact) mass is 341 g/mol. The molecular formula is C18H35N3O3. The summed E-state index contributed by atoms with van der Waals surface area (Å²) in [6.07, 6.45) is 5.11. The van der Waals surface area contributed by atoms with Crippen molar-refractivity contribution >= 4 is 6.09 Å². The number of carbonyl (C=O) groups excluding carboxylic acids is 1. The SMILES string of the molecule is COC1(CNC2CCCC2CN)CCN(C(=O)OC(C)(C)C)CC1. The Labute approximate surface area is 146 Å². The smallest absolute Gasteiger partial charge is 0.410 e. The van der Waals surface area contributed by atoms with Crippen LogP contribution in [0.5, 0.6) is 0 Å². The van der Waals surface area contributed by atoms with Crippen LogP contribution >= 0.6 is 0 Å². The van der Waals surface area contributed by atoms with E-state index in [1.807, 2.05) is 20.8 Å². The van der Waals surface area contributed by atoms with Crippen molar-refractivity contribution in [3.8, 4) is 0 Å². The van der Waals surface area contributed by atoms with E-state index in [0.29, 0.717) is 25.0 Å². The van der Waals surface area contributed by atoms with Crippen LogP contribution < -0.4 is 11.1 Å². The predicted molar refractivity (Wildman–Crippen MR) is 95.0 cm³/mol. The zero-order valence-corrected chi connectivity index (χ0v) is 15.8. The summed E-state index contributed by atoms with van der Waals surface area (Å²) in [5.41, 5.74) is 5.23. The standard InChI is InChI=1S/C18H35N3O3/c1-17(2,3)24-16(22)21-10-8-18(23-4,9-11-21)13-20-15-7-5-6-14(15)12-19/h14-15,20H,5-13,19H2,1-4H3. The normalized spacial score (nSPS) is 27.3. The van der Waals surface area contributed by atoms with Crippen LogP contribution in [0.1, 0.15) is 52.9 Å². The molecule has 6 nitrogen and oxygen atoms in total. The first-order valence-corrected chi connectivity index (χ1v) is 9.25. The van der Waals surface area contributed by atoms with Gasteiger partial charge in [0.2, 0.25) is 0 Å². The van der Waals surface area contributed by atoms with Crippen molar-refractivity contribution in [3.05, 3.63) is 0 Å². The number of ether oxygens (including phenoxy) is 2. The molecule has 1 aliphatic carbocycles. The average Bonchev–Trinajstić information content (AvgIpc) is 2.99. The molecule has 2 rings (SSSR count). The van der Waals surface area contributed by atoms with Gasteiger partial charge in [0.1, 0.15) is 5.60 Å². The van der Waals surface area contributed by atoms with Crippen LogP contribution in [0.3, 0.4) is 0 Å². The molecule has 24 heavy (non-hydrogen) atoms. The number of rotatable bonds is 5. The lowest BCUT2D eigenvalue weighted by Gasteiger charge is -2.42. The molecule has 2 aliphatic rings. The van der Waals surface area contributed by atoms with Crippen LogP contribution in [0.25, 0.3) is 0 Å². The molecule has 0 aromatic rings. The van der Waals surface area contributed by atoms with Crippen LogP contribution in [0.15, 0.2) is 0 Å². The number of amides is 1. The average molecular weight is 341 g/mol. The summed E-state index contributed by atoms with van der Waals surface area (Å²) < 4.78 is 11.3. The molecule has 1 saturated heterocycles. The number of piperidine rings is 1. The number of likely N-dealkylation sites (tertiary alicyclic amines) is 1. The second kappa shape index (κ2) is 8.02. The summed E-state index contributed by atoms with van der Waals surface area (Å²) in [6.45, 7) is 8.62. The van der Waals surface area contributed by atoms with Crippen LogP contribution in [-0.4, -0.2) is 61.5 Å². The fraction of sp³-hybridized carbons (Fsp3) is 0.944. The summed E-state index contributed by atoms with van der Waals surface area (Å²) >= 11 is 0. The van der Waals surface area contributed by atoms with Crippen molar-refractivity contribution in [2.24, 2.45) is 11.7 Å². The first kappa shape index (κ1) is 19.5. The Kier molecular flexibility index (Phi) is 6.51. The molecule has 0 aromatic carbocycles. The molecule has 1 amide bonds. The Morgan fingerprint density at radius 3 is 2.50 bits per heavy atom. The summed E-state index contributed by atoms with van der Waals surface area (Å²) in [5.74, 6) is 0.584. The third-order valence-corrected chi connectivity index (χ3v) is 5.41. The van der Waals surface area contributed by atoms with Crippen molar-refractivity contribution < 1.29 is 14.3 Å². The van der Waals surface area contributed by atoms with E-state index < -0.39 is 5.60 Å². The van der Waals surface area contributed by atoms with Gasteiger partial charge in [-0.15, -0.1) is 0 Å². The lowest BCUT2D eigenvalue weighted by atomic mass is 9.90. The molecule has 1 saturated carbocycles. The van der Waals surface area contributed by atoms with Crippen molar-refractivity contribution in [1.82, 2.24) is 10.2 Å². The second-order valence-corrected chi connectivity index (χ2v) is 8.27. The number of hydrogen-bond acceptors (Lipinski definition) is 5. The van der Waals surface area contributed by atoms with E-state index >= 15 is 0 Å². The Balaban J connectivity index is 1.83. The molecule has 0 spiro atoms. The van der Waals surface area contributed by atoms with E-state index in [4.69, 9.17) is 15.2 Å². The highest BCUT2D eigenvalue weighted by molar-refractivity contribution is 5.68. The van der Waals surface area contributed by atoms with Gasteiger partial charge in [-0.05, 0) is 58.9 Å². The Hall–Kier alpha value is -0.850. The first-order chi connectivity index (χ1) is 11.3. The maximum Gasteiger partial charge on any atom is 0.410 e. The number of methoxy groups -OCH3 is 1. The molecule has 2 fully saturated rings. The van der Waals surface area contributed by atoms with Crippen LogP contribution in [0, 0.1) is 5.92 Å². The van der Waals surface area contributed by atoms with Gasteiger partial charge < -0.3 is 25.4 Å². The molecule has 1 aliphatic heterocycles. The molecule has 2 atom stereocenters. The number of nitrogens with one attached hydrogen (secondary N) is 1. The van der Waals surface area contributed by atoms with Gasteiger partial charge in [0.25, 0.3) is 0 Å². The summed E-state index contributed by atoms with van der Waals surface area (Å²) in [4.78, 5) is 14.0. The minimum absolute atomic E-state index is 0.194. The highest BCUT2D eigenvalue weighted by atomic mass is 16.6. The van der Waals surface area contributed by atoms with E-state index in [9.17, 15) is 4.79 Å². The van der Waals surface area contributed by atoms with E-state index in [1.165, 1.54) is 19.3 Å². The molecule has 140 valence electrons. The lowest BCUT2D eigenvalue weighted by Crippen LogP contribution is -2.54. The predicted octanol–water partition coefficient (Wildman–Crippen LogP) is 2.12. The highest BCUT2D eigenvalue weighted by Crippen LogP contribution is 2.29. The van der Waals surface area contributed by atoms with Crippen molar-refractivity contribution in [2.45, 2.75) is 70.1 Å². The third-order valence-electron chi connectivity index (χ3n) is 5.41. The van der Waals surface area contributed by atoms with Crippen molar-refractivity contribution in [2.75, 3.05) is 33.3 Å². The maximum absolute atomic E-state index is 12.2. The molecule has 3 N–H and O–H groups in total. The van der Waals surface area contributed by atoms with Crippen molar-refractivity contribution in [1.29, 1.82) is 0 Å². The van der Waals surface area contributed by atoms with Crippen molar-refractivity contribution in [3.63, 3.8) is 0 Å². The minimum atomic E-state index is -0.450. The minimum Gasteiger partial charge on any atom is -0.444 e. The molecule has 1 heterocycles. The summed E-state index contributed by atoms with van der Waals surface area (Å²) in [6, 6.07) is 0.505. The molecule has 0 bridgehead atoms. The highest BCUT2D eigenvalue weighted by Gasteiger charge is 2.38. The number of nitrogens with zero attached hydrogens (tertiary/aromatic N) is 1. The second-order valence-electron chi connectivity index (χ2n) is 8.27. The quantitative estimate of drug-likeness (QED) is 0.801. The van der Waals surface area contributed by atoms with Crippen LogP contribution in [0.4, 0.5) is 4.79 Å². The molecule has 0 radical (unpaired) electrons. The molecule has 0 aromatic heterocycles. The summed E-state index contributed by atoms with van der Waals surface area (Å²) in [5, 5.41) is 3.69. The number of carbonyl (C=O) groups is 1. The zero-order valence-electron chi connectivity index (χ0n) is 15.8. The zero-order chi connectivity index (χ0) is 17.8. The fourth-order valence-electron chi connectivity index (χ4n) is 3.78. The van der Waals surface area contributed by atoms with E-state index in [1.54, 1.807) is 12.0 Å². The van der Waals surface area contributed by atoms with E-state index in [2.05, 4.69) is 5.32 Å². The van der Waals surface area contributed by atoms with Crippen LogP contribution in [-0.2, 0) is 9.47 Å². The van der Waals surface area contributed by atoms with Gasteiger partial charge in [-0.1, -0.05) is 6.42 Å². The van der Waals surface area contributed by atoms with Gasteiger partial charge >= 0.3 is 6.09 Å². The lowest BCUT2D eigenvalue weighted by molar-refractivity contribution is -0.0603.